The molecule has 0 aliphatic rings. The van der Waals surface area contributed by atoms with E-state index in [1.807, 2.05) is 0 Å². The van der Waals surface area contributed by atoms with Crippen molar-refractivity contribution in [3.63, 3.8) is 0 Å². The summed E-state index contributed by atoms with van der Waals surface area (Å²) in [6, 6.07) is 0.642. The second-order valence-electron chi connectivity index (χ2n) is 5.57. The Bertz CT molecular complexity index is 782. The van der Waals surface area contributed by atoms with Crippen molar-refractivity contribution in [1.29, 1.82) is 0 Å². The molecule has 0 saturated heterocycles. The molecular formula is C13H13F3N4O4. The van der Waals surface area contributed by atoms with Gasteiger partial charge in [0, 0.05) is 5.41 Å². The van der Waals surface area contributed by atoms with Gasteiger partial charge in [0.15, 0.2) is 0 Å². The van der Waals surface area contributed by atoms with Gasteiger partial charge < -0.3 is 9.53 Å². The Morgan fingerprint density at radius 3 is 2.67 bits per heavy atom. The standard InChI is InChI=1S/C13H13F3N4O4/c1-12(2,4-21)5-23-7-20-10(19-24-11(20)22)8-3-9(13(14,15)16)18-6-17-8/h3-4,6H,5,7H2,1-2H3. The highest BCUT2D eigenvalue weighted by Crippen LogP contribution is 2.28. The number of hydrogen-bond acceptors (Lipinski definition) is 7. The van der Waals surface area contributed by atoms with Gasteiger partial charge in [-0.2, -0.15) is 13.2 Å². The van der Waals surface area contributed by atoms with Gasteiger partial charge in [0.25, 0.3) is 0 Å². The maximum Gasteiger partial charge on any atom is 0.443 e. The molecule has 130 valence electrons. The molecule has 2 rings (SSSR count). The number of aldehydes is 1. The van der Waals surface area contributed by atoms with Crippen LogP contribution in [0.4, 0.5) is 13.2 Å². The normalized spacial score (nSPS) is 12.4. The van der Waals surface area contributed by atoms with Crippen molar-refractivity contribution in [1.82, 2.24) is 19.7 Å². The number of carbonyl (C=O) groups is 1. The molecule has 24 heavy (non-hydrogen) atoms. The summed E-state index contributed by atoms with van der Waals surface area (Å²) in [6.07, 6.45) is -3.28. The molecule has 0 radical (unpaired) electrons. The lowest BCUT2D eigenvalue weighted by atomic mass is 9.98. The predicted molar refractivity (Wildman–Crippen MR) is 72.6 cm³/mol. The van der Waals surface area contributed by atoms with Gasteiger partial charge in [0.1, 0.15) is 30.7 Å². The van der Waals surface area contributed by atoms with Crippen LogP contribution in [0.25, 0.3) is 11.5 Å². The van der Waals surface area contributed by atoms with Crippen LogP contribution < -0.4 is 5.76 Å². The quantitative estimate of drug-likeness (QED) is 0.731. The van der Waals surface area contributed by atoms with Crippen LogP contribution >= 0.6 is 0 Å². The van der Waals surface area contributed by atoms with Crippen molar-refractivity contribution in [2.75, 3.05) is 6.61 Å². The smallest absolute Gasteiger partial charge is 0.359 e. The Morgan fingerprint density at radius 1 is 1.33 bits per heavy atom. The third-order valence-electron chi connectivity index (χ3n) is 2.89. The Kier molecular flexibility index (Phi) is 4.83. The van der Waals surface area contributed by atoms with Gasteiger partial charge >= 0.3 is 11.9 Å². The molecule has 0 aromatic carbocycles. The molecule has 0 amide bonds. The topological polar surface area (TPSA) is 100 Å². The van der Waals surface area contributed by atoms with Crippen molar-refractivity contribution in [3.05, 3.63) is 28.6 Å². The monoisotopic (exact) mass is 346 g/mol. The summed E-state index contributed by atoms with van der Waals surface area (Å²) in [6.45, 7) is 2.88. The molecule has 0 fully saturated rings. The lowest BCUT2D eigenvalue weighted by Gasteiger charge is -2.16. The van der Waals surface area contributed by atoms with E-state index in [2.05, 4.69) is 19.6 Å². The summed E-state index contributed by atoms with van der Waals surface area (Å²) < 4.78 is 48.7. The van der Waals surface area contributed by atoms with E-state index in [0.29, 0.717) is 18.7 Å². The largest absolute Gasteiger partial charge is 0.443 e. The molecule has 0 unspecified atom stereocenters. The maximum atomic E-state index is 12.7. The zero-order valence-corrected chi connectivity index (χ0v) is 12.7. The minimum Gasteiger partial charge on any atom is -0.359 e. The van der Waals surface area contributed by atoms with E-state index in [-0.39, 0.29) is 24.9 Å². The van der Waals surface area contributed by atoms with Gasteiger partial charge in [-0.3, -0.25) is 4.52 Å². The number of carbonyl (C=O) groups excluding carboxylic acids is 1. The zero-order valence-electron chi connectivity index (χ0n) is 12.7. The highest BCUT2D eigenvalue weighted by atomic mass is 19.4. The van der Waals surface area contributed by atoms with Crippen molar-refractivity contribution in [3.8, 4) is 11.5 Å². The Hall–Kier alpha value is -2.56. The van der Waals surface area contributed by atoms with Crippen LogP contribution in [-0.2, 0) is 22.4 Å². The summed E-state index contributed by atoms with van der Waals surface area (Å²) in [5.74, 6) is -1.17. The molecule has 0 bridgehead atoms. The summed E-state index contributed by atoms with van der Waals surface area (Å²) in [7, 11) is 0. The molecule has 0 aliphatic carbocycles. The third-order valence-corrected chi connectivity index (χ3v) is 2.89. The summed E-state index contributed by atoms with van der Waals surface area (Å²) in [4.78, 5) is 29.2. The van der Waals surface area contributed by atoms with Gasteiger partial charge in [0.2, 0.25) is 5.82 Å². The SMILES string of the molecule is CC(C)(C=O)COCn1c(-c2cc(C(F)(F)F)ncn2)noc1=O. The van der Waals surface area contributed by atoms with Crippen LogP contribution in [-0.4, -0.2) is 32.6 Å². The first-order chi connectivity index (χ1) is 11.1. The highest BCUT2D eigenvalue weighted by molar-refractivity contribution is 5.57. The lowest BCUT2D eigenvalue weighted by molar-refractivity contribution is -0.141. The number of nitrogens with zero attached hydrogens (tertiary/aromatic N) is 4. The minimum atomic E-state index is -4.67. The molecule has 0 spiro atoms. The Labute approximate surface area is 133 Å². The molecular weight excluding hydrogens is 333 g/mol. The highest BCUT2D eigenvalue weighted by Gasteiger charge is 2.33. The first-order valence-corrected chi connectivity index (χ1v) is 6.64. The summed E-state index contributed by atoms with van der Waals surface area (Å²) >= 11 is 0. The Balaban J connectivity index is 2.27. The van der Waals surface area contributed by atoms with E-state index in [1.165, 1.54) is 0 Å². The second-order valence-corrected chi connectivity index (χ2v) is 5.57. The van der Waals surface area contributed by atoms with Crippen molar-refractivity contribution < 1.29 is 27.2 Å². The molecule has 2 aromatic heterocycles. The molecule has 2 heterocycles. The van der Waals surface area contributed by atoms with Crippen LogP contribution in [0.15, 0.2) is 21.7 Å². The molecule has 2 aromatic rings. The van der Waals surface area contributed by atoms with Gasteiger partial charge in [-0.05, 0) is 6.07 Å². The summed E-state index contributed by atoms with van der Waals surface area (Å²) in [5.41, 5.74) is -2.21. The van der Waals surface area contributed by atoms with E-state index < -0.39 is 23.0 Å². The first kappa shape index (κ1) is 17.8. The van der Waals surface area contributed by atoms with E-state index in [1.54, 1.807) is 13.8 Å². The van der Waals surface area contributed by atoms with Crippen LogP contribution in [0, 0.1) is 5.41 Å². The van der Waals surface area contributed by atoms with Crippen molar-refractivity contribution in [2.24, 2.45) is 5.41 Å². The number of halogens is 3. The van der Waals surface area contributed by atoms with Gasteiger partial charge in [-0.25, -0.2) is 19.3 Å². The summed E-state index contributed by atoms with van der Waals surface area (Å²) in [5, 5.41) is 3.41. The number of alkyl halides is 3. The molecule has 0 saturated carbocycles. The average Bonchev–Trinajstić information content (AvgIpc) is 2.88. The van der Waals surface area contributed by atoms with Crippen molar-refractivity contribution in [2.45, 2.75) is 26.8 Å². The van der Waals surface area contributed by atoms with Crippen molar-refractivity contribution >= 4 is 6.29 Å². The minimum absolute atomic E-state index is 0.00879. The number of ether oxygens (including phenoxy) is 1. The first-order valence-electron chi connectivity index (χ1n) is 6.64. The Morgan fingerprint density at radius 2 is 2.04 bits per heavy atom. The van der Waals surface area contributed by atoms with Crippen LogP contribution in [0.3, 0.4) is 0 Å². The molecule has 11 heteroatoms. The molecule has 0 aliphatic heterocycles. The lowest BCUT2D eigenvalue weighted by Crippen LogP contribution is -2.24. The predicted octanol–water partition coefficient (Wildman–Crippen LogP) is 1.51. The van der Waals surface area contributed by atoms with Gasteiger partial charge in [-0.1, -0.05) is 19.0 Å². The fourth-order valence-electron chi connectivity index (χ4n) is 1.63. The van der Waals surface area contributed by atoms with Crippen LogP contribution in [0.1, 0.15) is 19.5 Å². The number of hydrogen-bond donors (Lipinski definition) is 0. The van der Waals surface area contributed by atoms with Crippen LogP contribution in [0.5, 0.6) is 0 Å². The molecule has 0 atom stereocenters. The maximum absolute atomic E-state index is 12.7. The number of aromatic nitrogens is 4. The average molecular weight is 346 g/mol. The third kappa shape index (κ3) is 4.04. The number of rotatable bonds is 6. The van der Waals surface area contributed by atoms with Gasteiger partial charge in [0.05, 0.1) is 6.61 Å². The van der Waals surface area contributed by atoms with E-state index in [9.17, 15) is 22.8 Å². The van der Waals surface area contributed by atoms with E-state index in [0.717, 1.165) is 4.57 Å². The fraction of sp³-hybridized carbons (Fsp3) is 0.462. The fourth-order valence-corrected chi connectivity index (χ4v) is 1.63. The van der Waals surface area contributed by atoms with E-state index in [4.69, 9.17) is 4.74 Å². The molecule has 0 N–H and O–H groups in total. The van der Waals surface area contributed by atoms with Crippen LogP contribution in [0.2, 0.25) is 0 Å². The molecule has 8 nitrogen and oxygen atoms in total. The second kappa shape index (κ2) is 6.51. The zero-order chi connectivity index (χ0) is 18.0. The van der Waals surface area contributed by atoms with Gasteiger partial charge in [-0.15, -0.1) is 0 Å². The van der Waals surface area contributed by atoms with E-state index >= 15 is 0 Å².